The Labute approximate surface area is 308 Å². The van der Waals surface area contributed by atoms with Crippen LogP contribution in [0.3, 0.4) is 0 Å². The largest absolute Gasteiger partial charge is 0.489 e. The highest BCUT2D eigenvalue weighted by molar-refractivity contribution is 6.30. The Bertz CT molecular complexity index is 2050. The average molecular weight is 731 g/mol. The second-order valence-corrected chi connectivity index (χ2v) is 14.2. The first-order chi connectivity index (χ1) is 24.2. The molecule has 1 aliphatic heterocycles. The van der Waals surface area contributed by atoms with Crippen LogP contribution < -0.4 is 4.74 Å². The second-order valence-electron chi connectivity index (χ2n) is 13.8. The Hall–Kier alpha value is -4.40. The Kier molecular flexibility index (Phi) is 11.0. The van der Waals surface area contributed by atoms with Crippen molar-refractivity contribution in [3.8, 4) is 28.3 Å². The first-order valence-corrected chi connectivity index (χ1v) is 17.9. The van der Waals surface area contributed by atoms with E-state index in [-0.39, 0.29) is 48.6 Å². The van der Waals surface area contributed by atoms with Gasteiger partial charge in [0.25, 0.3) is 5.91 Å². The van der Waals surface area contributed by atoms with Crippen LogP contribution in [0.15, 0.2) is 78.9 Å². The molecule has 2 heterocycles. The van der Waals surface area contributed by atoms with Gasteiger partial charge >= 0.3 is 5.97 Å². The number of imidazole rings is 1. The molecule has 1 N–H and O–H groups in total. The van der Waals surface area contributed by atoms with E-state index in [2.05, 4.69) is 18.4 Å². The van der Waals surface area contributed by atoms with Crippen LogP contribution in [0.1, 0.15) is 97.5 Å². The number of ether oxygens (including phenoxy) is 1. The van der Waals surface area contributed by atoms with E-state index < -0.39 is 11.8 Å². The maximum absolute atomic E-state index is 16.1. The van der Waals surface area contributed by atoms with Crippen LogP contribution in [0.2, 0.25) is 5.02 Å². The van der Waals surface area contributed by atoms with Crippen LogP contribution in [-0.2, 0) is 6.61 Å². The van der Waals surface area contributed by atoms with E-state index in [0.29, 0.717) is 33.2 Å². The van der Waals surface area contributed by atoms with Gasteiger partial charge in [-0.2, -0.15) is 0 Å². The molecule has 0 bridgehead atoms. The highest BCUT2D eigenvalue weighted by Gasteiger charge is 2.30. The van der Waals surface area contributed by atoms with Crippen molar-refractivity contribution in [1.82, 2.24) is 14.5 Å². The maximum Gasteiger partial charge on any atom is 0.335 e. The minimum Gasteiger partial charge on any atom is -0.489 e. The molecule has 1 aliphatic carbocycles. The lowest BCUT2D eigenvalue weighted by atomic mass is 9.94. The first kappa shape index (κ1) is 36.4. The van der Waals surface area contributed by atoms with Gasteiger partial charge < -0.3 is 19.3 Å². The van der Waals surface area contributed by atoms with E-state index in [1.807, 2.05) is 47.4 Å². The molecule has 1 saturated carbocycles. The van der Waals surface area contributed by atoms with Gasteiger partial charge in [0.15, 0.2) is 0 Å². The molecule has 0 spiro atoms. The molecule has 7 rings (SSSR count). The highest BCUT2D eigenvalue weighted by Crippen LogP contribution is 2.38. The number of carbonyl (C=O) groups excluding carboxylic acids is 1. The van der Waals surface area contributed by atoms with Crippen LogP contribution in [0.25, 0.3) is 33.5 Å². The number of fused-ring (bicyclic) bond motifs is 1. The molecule has 7 nitrogen and oxygen atoms in total. The predicted molar refractivity (Wildman–Crippen MR) is 202 cm³/mol. The number of rotatable bonds is 8. The Morgan fingerprint density at radius 3 is 2.22 bits per heavy atom. The summed E-state index contributed by atoms with van der Waals surface area (Å²) in [4.78, 5) is 32.3. The summed E-state index contributed by atoms with van der Waals surface area (Å²) in [6, 6.07) is 23.4. The fourth-order valence-electron chi connectivity index (χ4n) is 7.79. The van der Waals surface area contributed by atoms with Crippen molar-refractivity contribution in [1.29, 1.82) is 0 Å². The Morgan fingerprint density at radius 1 is 0.843 bits per heavy atom. The molecule has 0 radical (unpaired) electrons. The number of nitrogens with zero attached hydrogens (tertiary/aromatic N) is 3. The summed E-state index contributed by atoms with van der Waals surface area (Å²) >= 11 is 6.19. The van der Waals surface area contributed by atoms with Crippen LogP contribution in [0, 0.1) is 5.82 Å². The molecule has 2 aliphatic rings. The third-order valence-electron chi connectivity index (χ3n) is 10.4. The van der Waals surface area contributed by atoms with Crippen LogP contribution in [-0.4, -0.2) is 43.5 Å². The van der Waals surface area contributed by atoms with E-state index in [9.17, 15) is 14.7 Å². The normalized spacial score (nSPS) is 18.0. The van der Waals surface area contributed by atoms with E-state index in [0.717, 1.165) is 73.6 Å². The molecule has 1 saturated heterocycles. The number of amides is 1. The van der Waals surface area contributed by atoms with Crippen molar-refractivity contribution in [2.45, 2.75) is 89.9 Å². The summed E-state index contributed by atoms with van der Waals surface area (Å²) in [7, 11) is 0. The molecule has 51 heavy (non-hydrogen) atoms. The number of piperidine rings is 1. The van der Waals surface area contributed by atoms with Gasteiger partial charge in [0.05, 0.1) is 22.2 Å². The summed E-state index contributed by atoms with van der Waals surface area (Å²) < 4.78 is 24.4. The molecule has 1 amide bonds. The van der Waals surface area contributed by atoms with E-state index in [4.69, 9.17) is 21.3 Å². The number of carboxylic acid groups (broad SMARTS) is 1. The minimum atomic E-state index is -1.03. The van der Waals surface area contributed by atoms with Crippen LogP contribution >= 0.6 is 24.0 Å². The third kappa shape index (κ3) is 7.49. The van der Waals surface area contributed by atoms with Crippen LogP contribution in [0.4, 0.5) is 4.39 Å². The van der Waals surface area contributed by atoms with Crippen molar-refractivity contribution in [2.75, 3.05) is 0 Å². The summed E-state index contributed by atoms with van der Waals surface area (Å²) in [6.07, 6.45) is 8.30. The van der Waals surface area contributed by atoms with Crippen molar-refractivity contribution in [3.63, 3.8) is 0 Å². The lowest BCUT2D eigenvalue weighted by Gasteiger charge is -2.39. The molecular weight excluding hydrogens is 688 g/mol. The molecule has 1 aromatic heterocycles. The van der Waals surface area contributed by atoms with Crippen molar-refractivity contribution in [3.05, 3.63) is 106 Å². The maximum atomic E-state index is 16.1. The second kappa shape index (κ2) is 15.5. The fourth-order valence-corrected chi connectivity index (χ4v) is 7.91. The van der Waals surface area contributed by atoms with Gasteiger partial charge in [0.2, 0.25) is 0 Å². The topological polar surface area (TPSA) is 84.7 Å². The van der Waals surface area contributed by atoms with Crippen molar-refractivity contribution >= 4 is 46.9 Å². The smallest absolute Gasteiger partial charge is 0.335 e. The molecule has 2 atom stereocenters. The number of carboxylic acids is 1. The van der Waals surface area contributed by atoms with E-state index >= 15 is 4.39 Å². The zero-order chi connectivity index (χ0) is 34.9. The van der Waals surface area contributed by atoms with Gasteiger partial charge in [-0.15, -0.1) is 12.4 Å². The zero-order valence-electron chi connectivity index (χ0n) is 28.8. The molecule has 5 aromatic rings. The molecule has 10 heteroatoms. The molecule has 2 fully saturated rings. The lowest BCUT2D eigenvalue weighted by Crippen LogP contribution is -2.47. The van der Waals surface area contributed by atoms with Gasteiger partial charge in [-0.25, -0.2) is 14.2 Å². The summed E-state index contributed by atoms with van der Waals surface area (Å²) in [6.45, 7) is 4.33. The standard InChI is InChI=1S/C41H41ClFN3O4.ClH/c1-25-7-6-8-26(2)45(25)40(47)28-13-18-34(27-11-15-31(42)16-12-27)30(21-28)24-50-33-17-19-35(36(43)23-33)39-44-37-22-29(41(48)49)14-20-38(37)46(39)32-9-4-3-5-10-32;/h11-23,25-26,32H,3-10,24H2,1-2H3,(H,48,49);1H. The fraction of sp³-hybridized carbons (Fsp3) is 0.341. The molecule has 2 unspecified atom stereocenters. The van der Waals surface area contributed by atoms with Gasteiger partial charge in [0, 0.05) is 34.8 Å². The number of aromatic carboxylic acids is 1. The highest BCUT2D eigenvalue weighted by atomic mass is 35.5. The van der Waals surface area contributed by atoms with E-state index in [1.165, 1.54) is 6.07 Å². The van der Waals surface area contributed by atoms with Gasteiger partial charge in [-0.3, -0.25) is 4.79 Å². The zero-order valence-corrected chi connectivity index (χ0v) is 30.4. The number of hydrogen-bond donors (Lipinski definition) is 1. The van der Waals surface area contributed by atoms with Gasteiger partial charge in [-0.05, 0) is 117 Å². The van der Waals surface area contributed by atoms with Crippen LogP contribution in [0.5, 0.6) is 5.75 Å². The predicted octanol–water partition coefficient (Wildman–Crippen LogP) is 10.8. The van der Waals surface area contributed by atoms with Gasteiger partial charge in [0.1, 0.15) is 24.0 Å². The number of hydrogen-bond acceptors (Lipinski definition) is 4. The summed E-state index contributed by atoms with van der Waals surface area (Å²) in [5.74, 6) is -0.686. The summed E-state index contributed by atoms with van der Waals surface area (Å²) in [5, 5.41) is 10.2. The number of benzene rings is 4. The number of likely N-dealkylation sites (tertiary alicyclic amines) is 1. The molecular formula is C41H42Cl2FN3O4. The first-order valence-electron chi connectivity index (χ1n) is 17.6. The lowest BCUT2D eigenvalue weighted by molar-refractivity contribution is 0.0510. The summed E-state index contributed by atoms with van der Waals surface area (Å²) in [5.41, 5.74) is 5.03. The Morgan fingerprint density at radius 2 is 1.53 bits per heavy atom. The minimum absolute atomic E-state index is 0. The quantitative estimate of drug-likeness (QED) is 0.172. The SMILES string of the molecule is CC1CCCC(C)N1C(=O)c1ccc(-c2ccc(Cl)cc2)c(COc2ccc(-c3nc4cc(C(=O)O)ccc4n3C3CCCCC3)c(F)c2)c1.Cl. The number of carbonyl (C=O) groups is 2. The monoisotopic (exact) mass is 729 g/mol. The average Bonchev–Trinajstić information content (AvgIpc) is 3.50. The third-order valence-corrected chi connectivity index (χ3v) is 10.6. The Balaban J connectivity index is 0.00000448. The molecule has 266 valence electrons. The van der Waals surface area contributed by atoms with Crippen molar-refractivity contribution in [2.24, 2.45) is 0 Å². The van der Waals surface area contributed by atoms with Gasteiger partial charge in [-0.1, -0.05) is 49.1 Å². The molecule has 4 aromatic carbocycles. The van der Waals surface area contributed by atoms with E-state index in [1.54, 1.807) is 30.3 Å². The number of halogens is 3. The van der Waals surface area contributed by atoms with Crippen molar-refractivity contribution < 1.29 is 23.8 Å². The number of aromatic nitrogens is 2.